The predicted molar refractivity (Wildman–Crippen MR) is 86.9 cm³/mol. The van der Waals surface area contributed by atoms with Crippen LogP contribution in [0.5, 0.6) is 0 Å². The topological polar surface area (TPSA) is 24.4 Å². The fourth-order valence-corrected chi connectivity index (χ4v) is 4.78. The summed E-state index contributed by atoms with van der Waals surface area (Å²) in [5.74, 6) is 2.58. The molecule has 0 bridgehead atoms. The Bertz CT molecular complexity index is 312. The highest BCUT2D eigenvalue weighted by Crippen LogP contribution is 2.33. The van der Waals surface area contributed by atoms with Crippen LogP contribution in [0.25, 0.3) is 0 Å². The van der Waals surface area contributed by atoms with Gasteiger partial charge in [-0.2, -0.15) is 0 Å². The molecule has 2 rings (SSSR count). The van der Waals surface area contributed by atoms with Gasteiger partial charge in [-0.05, 0) is 37.0 Å². The van der Waals surface area contributed by atoms with Crippen molar-refractivity contribution in [2.24, 2.45) is 22.7 Å². The van der Waals surface area contributed by atoms with Gasteiger partial charge < -0.3 is 5.32 Å². The molecule has 2 nitrogen and oxygen atoms in total. The van der Waals surface area contributed by atoms with Gasteiger partial charge in [0, 0.05) is 11.3 Å². The summed E-state index contributed by atoms with van der Waals surface area (Å²) in [7, 11) is 0. The number of amidine groups is 1. The first kappa shape index (κ1) is 15.2. The van der Waals surface area contributed by atoms with Gasteiger partial charge in [0.05, 0.1) is 6.54 Å². The van der Waals surface area contributed by atoms with Crippen LogP contribution < -0.4 is 5.32 Å². The number of rotatable bonds is 4. The monoisotopic (exact) mass is 282 g/mol. The average Bonchev–Trinajstić information content (AvgIpc) is 2.84. The van der Waals surface area contributed by atoms with E-state index in [9.17, 15) is 0 Å². The zero-order valence-electron chi connectivity index (χ0n) is 13.0. The second kappa shape index (κ2) is 7.01. The first-order chi connectivity index (χ1) is 9.13. The van der Waals surface area contributed by atoms with E-state index in [2.05, 4.69) is 33.0 Å². The first-order valence-corrected chi connectivity index (χ1v) is 8.99. The van der Waals surface area contributed by atoms with Crippen molar-refractivity contribution in [1.29, 1.82) is 0 Å². The first-order valence-electron chi connectivity index (χ1n) is 8.11. The highest BCUT2D eigenvalue weighted by molar-refractivity contribution is 8.14. The van der Waals surface area contributed by atoms with Crippen LogP contribution >= 0.6 is 11.8 Å². The lowest BCUT2D eigenvalue weighted by molar-refractivity contribution is 0.241. The Hall–Kier alpha value is -0.180. The minimum Gasteiger partial charge on any atom is -0.362 e. The van der Waals surface area contributed by atoms with E-state index in [-0.39, 0.29) is 0 Å². The van der Waals surface area contributed by atoms with Crippen molar-refractivity contribution >= 4 is 16.9 Å². The molecule has 0 aromatic heterocycles. The average molecular weight is 282 g/mol. The van der Waals surface area contributed by atoms with Crippen LogP contribution in [0.3, 0.4) is 0 Å². The number of hydrogen-bond donors (Lipinski definition) is 1. The van der Waals surface area contributed by atoms with E-state index in [1.165, 1.54) is 37.3 Å². The van der Waals surface area contributed by atoms with E-state index in [1.807, 2.05) is 11.8 Å². The summed E-state index contributed by atoms with van der Waals surface area (Å²) in [6.45, 7) is 10.4. The van der Waals surface area contributed by atoms with Gasteiger partial charge in [-0.3, -0.25) is 4.99 Å². The van der Waals surface area contributed by atoms with Gasteiger partial charge in [0.1, 0.15) is 0 Å². The number of thioether (sulfide) groups is 1. The SMILES string of the molecule is CCC(CC)C1CN=C(NC2CCC(C)C(C)C2)S1. The highest BCUT2D eigenvalue weighted by Gasteiger charge is 2.29. The molecule has 1 N–H and O–H groups in total. The zero-order chi connectivity index (χ0) is 13.8. The van der Waals surface area contributed by atoms with Gasteiger partial charge in [-0.25, -0.2) is 0 Å². The van der Waals surface area contributed by atoms with Crippen LogP contribution in [-0.2, 0) is 0 Å². The van der Waals surface area contributed by atoms with Crippen molar-refractivity contribution in [3.8, 4) is 0 Å². The van der Waals surface area contributed by atoms with Crippen molar-refractivity contribution in [1.82, 2.24) is 5.32 Å². The molecule has 1 heterocycles. The van der Waals surface area contributed by atoms with Crippen molar-refractivity contribution in [2.45, 2.75) is 71.1 Å². The molecule has 1 aliphatic heterocycles. The van der Waals surface area contributed by atoms with Crippen molar-refractivity contribution in [3.63, 3.8) is 0 Å². The molecule has 0 amide bonds. The summed E-state index contributed by atoms with van der Waals surface area (Å²) >= 11 is 2.00. The standard InChI is InChI=1S/C16H30N2S/c1-5-13(6-2)15-10-17-16(19-15)18-14-8-7-11(3)12(4)9-14/h11-15H,5-10H2,1-4H3,(H,17,18). The minimum absolute atomic E-state index is 0.665. The molecule has 3 heteroatoms. The molecule has 19 heavy (non-hydrogen) atoms. The van der Waals surface area contributed by atoms with Gasteiger partial charge >= 0.3 is 0 Å². The summed E-state index contributed by atoms with van der Waals surface area (Å²) in [5.41, 5.74) is 0. The fourth-order valence-electron chi connectivity index (χ4n) is 3.38. The van der Waals surface area contributed by atoms with Crippen LogP contribution in [0.1, 0.15) is 59.8 Å². The molecule has 1 aliphatic carbocycles. The highest BCUT2D eigenvalue weighted by atomic mass is 32.2. The van der Waals surface area contributed by atoms with E-state index < -0.39 is 0 Å². The third-order valence-corrected chi connectivity index (χ3v) is 6.49. The molecule has 0 aromatic carbocycles. The van der Waals surface area contributed by atoms with E-state index in [1.54, 1.807) is 0 Å². The molecule has 0 radical (unpaired) electrons. The van der Waals surface area contributed by atoms with E-state index >= 15 is 0 Å². The smallest absolute Gasteiger partial charge is 0.157 e. The third-order valence-electron chi connectivity index (χ3n) is 5.18. The third kappa shape index (κ3) is 3.90. The Morgan fingerprint density at radius 1 is 1.21 bits per heavy atom. The van der Waals surface area contributed by atoms with Gasteiger partial charge in [-0.15, -0.1) is 0 Å². The Balaban J connectivity index is 1.79. The Morgan fingerprint density at radius 2 is 1.95 bits per heavy atom. The number of nitrogens with zero attached hydrogens (tertiary/aromatic N) is 1. The molecule has 0 aromatic rings. The summed E-state index contributed by atoms with van der Waals surface area (Å²) in [4.78, 5) is 4.74. The number of hydrogen-bond acceptors (Lipinski definition) is 3. The molecule has 110 valence electrons. The number of nitrogens with one attached hydrogen (secondary N) is 1. The Labute approximate surface area is 123 Å². The van der Waals surface area contributed by atoms with Crippen LogP contribution in [0.15, 0.2) is 4.99 Å². The van der Waals surface area contributed by atoms with Gasteiger partial charge in [0.2, 0.25) is 0 Å². The molecule has 1 saturated carbocycles. The quantitative estimate of drug-likeness (QED) is 0.831. The summed E-state index contributed by atoms with van der Waals surface area (Å²) in [6, 6.07) is 0.665. The molecule has 4 atom stereocenters. The molecule has 0 spiro atoms. The number of aliphatic imine (C=N–C) groups is 1. The second-order valence-electron chi connectivity index (χ2n) is 6.49. The largest absolute Gasteiger partial charge is 0.362 e. The lowest BCUT2D eigenvalue weighted by atomic mass is 9.79. The van der Waals surface area contributed by atoms with Gasteiger partial charge in [0.25, 0.3) is 0 Å². The van der Waals surface area contributed by atoms with Crippen molar-refractivity contribution < 1.29 is 0 Å². The van der Waals surface area contributed by atoms with Crippen LogP contribution in [-0.4, -0.2) is 23.0 Å². The molecule has 4 unspecified atom stereocenters. The van der Waals surface area contributed by atoms with Gasteiger partial charge in [-0.1, -0.05) is 52.3 Å². The zero-order valence-corrected chi connectivity index (χ0v) is 13.8. The van der Waals surface area contributed by atoms with Crippen LogP contribution in [0.2, 0.25) is 0 Å². The van der Waals surface area contributed by atoms with E-state index in [0.29, 0.717) is 6.04 Å². The molecular weight excluding hydrogens is 252 g/mol. The predicted octanol–water partition coefficient (Wildman–Crippen LogP) is 4.31. The fraction of sp³-hybridized carbons (Fsp3) is 0.938. The molecule has 1 fully saturated rings. The Kier molecular flexibility index (Phi) is 5.61. The van der Waals surface area contributed by atoms with E-state index in [0.717, 1.165) is 29.5 Å². The lowest BCUT2D eigenvalue weighted by Gasteiger charge is -2.33. The summed E-state index contributed by atoms with van der Waals surface area (Å²) in [5, 5.41) is 5.66. The van der Waals surface area contributed by atoms with E-state index in [4.69, 9.17) is 4.99 Å². The maximum atomic E-state index is 4.74. The summed E-state index contributed by atoms with van der Waals surface area (Å²) in [6.07, 6.45) is 6.58. The minimum atomic E-state index is 0.665. The second-order valence-corrected chi connectivity index (χ2v) is 7.72. The Morgan fingerprint density at radius 3 is 2.58 bits per heavy atom. The lowest BCUT2D eigenvalue weighted by Crippen LogP contribution is -2.38. The molecule has 2 aliphatic rings. The molecule has 0 saturated heterocycles. The van der Waals surface area contributed by atoms with Crippen LogP contribution in [0.4, 0.5) is 0 Å². The normalized spacial score (nSPS) is 35.5. The summed E-state index contributed by atoms with van der Waals surface area (Å²) < 4.78 is 0. The van der Waals surface area contributed by atoms with Crippen molar-refractivity contribution in [3.05, 3.63) is 0 Å². The maximum Gasteiger partial charge on any atom is 0.157 e. The molecular formula is C16H30N2S. The van der Waals surface area contributed by atoms with Crippen LogP contribution in [0, 0.1) is 17.8 Å². The van der Waals surface area contributed by atoms with Crippen molar-refractivity contribution in [2.75, 3.05) is 6.54 Å². The van der Waals surface area contributed by atoms with Gasteiger partial charge in [0.15, 0.2) is 5.17 Å². The maximum absolute atomic E-state index is 4.74.